The maximum absolute atomic E-state index is 12.8. The minimum absolute atomic E-state index is 0. The molecule has 0 aliphatic carbocycles. The summed E-state index contributed by atoms with van der Waals surface area (Å²) in [5.74, 6) is -0.00288. The van der Waals surface area contributed by atoms with Crippen LogP contribution in [0.4, 0.5) is 4.39 Å². The van der Waals surface area contributed by atoms with Gasteiger partial charge in [0.1, 0.15) is 18.0 Å². The van der Waals surface area contributed by atoms with Crippen molar-refractivity contribution in [1.29, 1.82) is 0 Å². The number of amides is 1. The SMILES string of the molecule is CC1CCN(C(=O)C(N)C(O)c2ccc(F)cc2)CC1.Cl. The molecule has 1 amide bonds. The van der Waals surface area contributed by atoms with E-state index < -0.39 is 12.1 Å². The Balaban J connectivity index is 0.00000220. The van der Waals surface area contributed by atoms with Gasteiger partial charge < -0.3 is 15.7 Å². The Labute approximate surface area is 130 Å². The van der Waals surface area contributed by atoms with Gasteiger partial charge in [-0.25, -0.2) is 4.39 Å². The molecule has 1 aliphatic heterocycles. The van der Waals surface area contributed by atoms with Crippen molar-refractivity contribution in [2.45, 2.75) is 31.9 Å². The van der Waals surface area contributed by atoms with E-state index in [0.717, 1.165) is 12.8 Å². The fraction of sp³-hybridized carbons (Fsp3) is 0.533. The third-order valence-electron chi connectivity index (χ3n) is 3.93. The van der Waals surface area contributed by atoms with E-state index in [1.165, 1.54) is 24.3 Å². The molecule has 2 atom stereocenters. The summed E-state index contributed by atoms with van der Waals surface area (Å²) < 4.78 is 12.8. The van der Waals surface area contributed by atoms with Gasteiger partial charge >= 0.3 is 0 Å². The van der Waals surface area contributed by atoms with Crippen LogP contribution in [-0.4, -0.2) is 35.0 Å². The average molecular weight is 317 g/mol. The fourth-order valence-corrected chi connectivity index (χ4v) is 2.44. The van der Waals surface area contributed by atoms with Crippen LogP contribution in [0.25, 0.3) is 0 Å². The number of rotatable bonds is 3. The van der Waals surface area contributed by atoms with Gasteiger partial charge in [-0.3, -0.25) is 4.79 Å². The van der Waals surface area contributed by atoms with Crippen LogP contribution in [0.1, 0.15) is 31.4 Å². The highest BCUT2D eigenvalue weighted by atomic mass is 35.5. The Bertz CT molecular complexity index is 461. The minimum Gasteiger partial charge on any atom is -0.386 e. The summed E-state index contributed by atoms with van der Waals surface area (Å²) >= 11 is 0. The Kier molecular flexibility index (Phi) is 6.58. The number of hydrogen-bond donors (Lipinski definition) is 2. The Morgan fingerprint density at radius 2 is 1.86 bits per heavy atom. The Morgan fingerprint density at radius 3 is 2.38 bits per heavy atom. The van der Waals surface area contributed by atoms with E-state index in [9.17, 15) is 14.3 Å². The van der Waals surface area contributed by atoms with E-state index in [0.29, 0.717) is 24.6 Å². The molecular weight excluding hydrogens is 295 g/mol. The van der Waals surface area contributed by atoms with Crippen molar-refractivity contribution in [2.24, 2.45) is 11.7 Å². The summed E-state index contributed by atoms with van der Waals surface area (Å²) in [7, 11) is 0. The molecule has 2 unspecified atom stereocenters. The second kappa shape index (κ2) is 7.73. The van der Waals surface area contributed by atoms with Gasteiger partial charge in [0.25, 0.3) is 0 Å². The zero-order valence-corrected chi connectivity index (χ0v) is 12.9. The van der Waals surface area contributed by atoms with E-state index in [2.05, 4.69) is 6.92 Å². The monoisotopic (exact) mass is 316 g/mol. The van der Waals surface area contributed by atoms with Crippen molar-refractivity contribution in [2.75, 3.05) is 13.1 Å². The number of nitrogens with two attached hydrogens (primary N) is 1. The second-order valence-corrected chi connectivity index (χ2v) is 5.53. The number of piperidine rings is 1. The van der Waals surface area contributed by atoms with Crippen LogP contribution >= 0.6 is 12.4 Å². The van der Waals surface area contributed by atoms with Gasteiger partial charge in [-0.1, -0.05) is 19.1 Å². The Morgan fingerprint density at radius 1 is 1.33 bits per heavy atom. The Hall–Kier alpha value is -1.17. The summed E-state index contributed by atoms with van der Waals surface area (Å²) in [4.78, 5) is 14.0. The third kappa shape index (κ3) is 4.40. The van der Waals surface area contributed by atoms with Crippen LogP contribution in [0.15, 0.2) is 24.3 Å². The molecule has 0 saturated carbocycles. The number of carbonyl (C=O) groups is 1. The van der Waals surface area contributed by atoms with Gasteiger partial charge in [0.05, 0.1) is 0 Å². The molecule has 1 aromatic rings. The van der Waals surface area contributed by atoms with Crippen LogP contribution in [0, 0.1) is 11.7 Å². The molecule has 0 aromatic heterocycles. The molecule has 21 heavy (non-hydrogen) atoms. The van der Waals surface area contributed by atoms with Crippen LogP contribution in [0.2, 0.25) is 0 Å². The molecule has 6 heteroatoms. The number of carbonyl (C=O) groups excluding carboxylic acids is 1. The van der Waals surface area contributed by atoms with E-state index in [-0.39, 0.29) is 24.1 Å². The fourth-order valence-electron chi connectivity index (χ4n) is 2.44. The molecular formula is C15H22ClFN2O2. The molecule has 0 bridgehead atoms. The summed E-state index contributed by atoms with van der Waals surface area (Å²) in [6, 6.07) is 4.39. The molecule has 2 rings (SSSR count). The zero-order valence-electron chi connectivity index (χ0n) is 12.0. The molecule has 4 nitrogen and oxygen atoms in total. The van der Waals surface area contributed by atoms with Crippen molar-refractivity contribution in [3.8, 4) is 0 Å². The summed E-state index contributed by atoms with van der Waals surface area (Å²) in [6.45, 7) is 3.53. The summed E-state index contributed by atoms with van der Waals surface area (Å²) in [5, 5.41) is 10.1. The largest absolute Gasteiger partial charge is 0.386 e. The van der Waals surface area contributed by atoms with Gasteiger partial charge in [0.2, 0.25) is 5.91 Å². The number of benzene rings is 1. The molecule has 1 heterocycles. The standard InChI is InChI=1S/C15H21FN2O2.ClH/c1-10-6-8-18(9-7-10)15(20)13(17)14(19)11-2-4-12(16)5-3-11;/h2-5,10,13-14,19H,6-9,17H2,1H3;1H. The predicted octanol–water partition coefficient (Wildman–Crippen LogP) is 1.87. The summed E-state index contributed by atoms with van der Waals surface area (Å²) in [6.07, 6.45) is 0.818. The molecule has 0 spiro atoms. The first-order valence-corrected chi connectivity index (χ1v) is 6.97. The number of aliphatic hydroxyl groups excluding tert-OH is 1. The van der Waals surface area contributed by atoms with E-state index >= 15 is 0 Å². The highest BCUT2D eigenvalue weighted by Gasteiger charge is 2.30. The number of aliphatic hydroxyl groups is 1. The average Bonchev–Trinajstić information content (AvgIpc) is 2.46. The van der Waals surface area contributed by atoms with E-state index in [1.54, 1.807) is 4.90 Å². The van der Waals surface area contributed by atoms with Crippen LogP contribution in [0.3, 0.4) is 0 Å². The van der Waals surface area contributed by atoms with E-state index in [4.69, 9.17) is 5.73 Å². The lowest BCUT2D eigenvalue weighted by Crippen LogP contribution is -2.49. The predicted molar refractivity (Wildman–Crippen MR) is 81.6 cm³/mol. The first-order chi connectivity index (χ1) is 9.49. The lowest BCUT2D eigenvalue weighted by atomic mass is 9.97. The third-order valence-corrected chi connectivity index (χ3v) is 3.93. The maximum atomic E-state index is 12.8. The van der Waals surface area contributed by atoms with Crippen molar-refractivity contribution >= 4 is 18.3 Å². The number of likely N-dealkylation sites (tertiary alicyclic amines) is 1. The lowest BCUT2D eigenvalue weighted by molar-refractivity contribution is -0.136. The first kappa shape index (κ1) is 17.9. The minimum atomic E-state index is -1.11. The zero-order chi connectivity index (χ0) is 14.7. The van der Waals surface area contributed by atoms with Crippen molar-refractivity contribution in [3.05, 3.63) is 35.6 Å². The van der Waals surface area contributed by atoms with Gasteiger partial charge in [0, 0.05) is 13.1 Å². The quantitative estimate of drug-likeness (QED) is 0.894. The first-order valence-electron chi connectivity index (χ1n) is 6.97. The normalized spacial score (nSPS) is 18.8. The van der Waals surface area contributed by atoms with Gasteiger partial charge in [0.15, 0.2) is 0 Å². The highest BCUT2D eigenvalue weighted by Crippen LogP contribution is 2.21. The molecule has 0 radical (unpaired) electrons. The van der Waals surface area contributed by atoms with Crippen molar-refractivity contribution < 1.29 is 14.3 Å². The maximum Gasteiger partial charge on any atom is 0.242 e. The summed E-state index contributed by atoms with van der Waals surface area (Å²) in [5.41, 5.74) is 6.32. The van der Waals surface area contributed by atoms with Crippen molar-refractivity contribution in [1.82, 2.24) is 4.90 Å². The molecule has 1 aromatic carbocycles. The number of hydrogen-bond acceptors (Lipinski definition) is 3. The molecule has 118 valence electrons. The van der Waals surface area contributed by atoms with Crippen LogP contribution in [0.5, 0.6) is 0 Å². The van der Waals surface area contributed by atoms with Gasteiger partial charge in [-0.05, 0) is 36.5 Å². The van der Waals surface area contributed by atoms with Crippen molar-refractivity contribution in [3.63, 3.8) is 0 Å². The number of halogens is 2. The van der Waals surface area contributed by atoms with Crippen LogP contribution < -0.4 is 5.73 Å². The smallest absolute Gasteiger partial charge is 0.242 e. The van der Waals surface area contributed by atoms with Gasteiger partial charge in [-0.15, -0.1) is 12.4 Å². The van der Waals surface area contributed by atoms with E-state index in [1.807, 2.05) is 0 Å². The number of nitrogens with zero attached hydrogens (tertiary/aromatic N) is 1. The topological polar surface area (TPSA) is 66.6 Å². The lowest BCUT2D eigenvalue weighted by Gasteiger charge is -2.33. The van der Waals surface area contributed by atoms with Gasteiger partial charge in [-0.2, -0.15) is 0 Å². The van der Waals surface area contributed by atoms with Crippen LogP contribution in [-0.2, 0) is 4.79 Å². The molecule has 1 aliphatic rings. The molecule has 1 saturated heterocycles. The highest BCUT2D eigenvalue weighted by molar-refractivity contribution is 5.85. The second-order valence-electron chi connectivity index (χ2n) is 5.53. The molecule has 3 N–H and O–H groups in total. The molecule has 1 fully saturated rings.